The van der Waals surface area contributed by atoms with Gasteiger partial charge in [-0.15, -0.1) is 10.2 Å². The molecule has 0 saturated carbocycles. The van der Waals surface area contributed by atoms with Crippen molar-refractivity contribution in [3.8, 4) is 17.1 Å². The fourth-order valence-electron chi connectivity index (χ4n) is 3.04. The zero-order chi connectivity index (χ0) is 22.5. The fraction of sp³-hybridized carbons (Fsp3) is 0.0455. The molecule has 0 radical (unpaired) electrons. The minimum atomic E-state index is -0.529. The second-order valence-electron chi connectivity index (χ2n) is 6.60. The number of hydrogen-bond acceptors (Lipinski definition) is 6. The van der Waals surface area contributed by atoms with Crippen molar-refractivity contribution in [2.24, 2.45) is 0 Å². The lowest BCUT2D eigenvalue weighted by Crippen LogP contribution is -2.15. The average molecular weight is 510 g/mol. The van der Waals surface area contributed by atoms with E-state index < -0.39 is 4.92 Å². The zero-order valence-electron chi connectivity index (χ0n) is 16.5. The van der Waals surface area contributed by atoms with Crippen LogP contribution in [0.25, 0.3) is 17.1 Å². The first-order valence-corrected chi connectivity index (χ1v) is 11.2. The summed E-state index contributed by atoms with van der Waals surface area (Å²) in [6.45, 7) is 0. The molecule has 0 bridgehead atoms. The van der Waals surface area contributed by atoms with E-state index in [0.29, 0.717) is 11.0 Å². The number of nitro benzene ring substituents is 1. The van der Waals surface area contributed by atoms with Crippen LogP contribution in [-0.2, 0) is 4.79 Å². The summed E-state index contributed by atoms with van der Waals surface area (Å²) in [5.74, 6) is 0.269. The van der Waals surface area contributed by atoms with Gasteiger partial charge in [0.15, 0.2) is 11.0 Å². The Morgan fingerprint density at radius 2 is 1.78 bits per heavy atom. The van der Waals surface area contributed by atoms with Crippen LogP contribution in [0.3, 0.4) is 0 Å². The summed E-state index contributed by atoms with van der Waals surface area (Å²) in [6, 6.07) is 23.3. The van der Waals surface area contributed by atoms with E-state index in [-0.39, 0.29) is 23.0 Å². The first-order chi connectivity index (χ1) is 15.5. The van der Waals surface area contributed by atoms with Crippen molar-refractivity contribution in [3.63, 3.8) is 0 Å². The lowest BCUT2D eigenvalue weighted by Gasteiger charge is -2.11. The number of rotatable bonds is 7. The Morgan fingerprint density at radius 1 is 1.03 bits per heavy atom. The van der Waals surface area contributed by atoms with Crippen LogP contribution in [0.4, 0.5) is 11.4 Å². The van der Waals surface area contributed by atoms with Crippen molar-refractivity contribution >= 4 is 45.0 Å². The van der Waals surface area contributed by atoms with E-state index in [0.717, 1.165) is 15.7 Å². The van der Waals surface area contributed by atoms with Gasteiger partial charge >= 0.3 is 0 Å². The predicted octanol–water partition coefficient (Wildman–Crippen LogP) is 5.34. The van der Waals surface area contributed by atoms with E-state index in [1.807, 2.05) is 59.2 Å². The van der Waals surface area contributed by atoms with Crippen molar-refractivity contribution < 1.29 is 9.72 Å². The Labute approximate surface area is 196 Å². The molecule has 160 valence electrons. The van der Waals surface area contributed by atoms with E-state index in [2.05, 4.69) is 31.4 Å². The van der Waals surface area contributed by atoms with Gasteiger partial charge < -0.3 is 5.32 Å². The highest BCUT2D eigenvalue weighted by molar-refractivity contribution is 9.10. The van der Waals surface area contributed by atoms with Crippen LogP contribution in [0.5, 0.6) is 0 Å². The summed E-state index contributed by atoms with van der Waals surface area (Å²) in [6.07, 6.45) is 0. The largest absolute Gasteiger partial charge is 0.320 e. The molecule has 32 heavy (non-hydrogen) atoms. The van der Waals surface area contributed by atoms with E-state index >= 15 is 0 Å². The smallest absolute Gasteiger partial charge is 0.292 e. The maximum atomic E-state index is 12.5. The molecule has 0 aliphatic heterocycles. The summed E-state index contributed by atoms with van der Waals surface area (Å²) in [7, 11) is 0. The van der Waals surface area contributed by atoms with Crippen molar-refractivity contribution in [3.05, 3.63) is 93.4 Å². The molecule has 0 atom stereocenters. The standard InChI is InChI=1S/C22H16BrN5O3S/c23-16-8-6-7-15(13-16)21-25-26-22(27(21)17-9-2-1-3-10-17)32-14-20(29)24-18-11-4-5-12-19(18)28(30)31/h1-13H,14H2,(H,24,29). The third-order valence-electron chi connectivity index (χ3n) is 4.44. The second kappa shape index (κ2) is 9.75. The first-order valence-electron chi connectivity index (χ1n) is 9.46. The number of para-hydroxylation sites is 3. The average Bonchev–Trinajstić information content (AvgIpc) is 3.22. The van der Waals surface area contributed by atoms with Crippen LogP contribution >= 0.6 is 27.7 Å². The number of aromatic nitrogens is 3. The number of hydrogen-bond donors (Lipinski definition) is 1. The second-order valence-corrected chi connectivity index (χ2v) is 8.46. The summed E-state index contributed by atoms with van der Waals surface area (Å²) in [5, 5.41) is 23.0. The topological polar surface area (TPSA) is 103 Å². The van der Waals surface area contributed by atoms with Gasteiger partial charge in [0.05, 0.1) is 10.7 Å². The predicted molar refractivity (Wildman–Crippen MR) is 127 cm³/mol. The molecule has 1 N–H and O–H groups in total. The van der Waals surface area contributed by atoms with Crippen molar-refractivity contribution in [2.45, 2.75) is 5.16 Å². The highest BCUT2D eigenvalue weighted by Gasteiger charge is 2.19. The third-order valence-corrected chi connectivity index (χ3v) is 5.86. The van der Waals surface area contributed by atoms with Gasteiger partial charge in [-0.25, -0.2) is 0 Å². The number of nitrogens with one attached hydrogen (secondary N) is 1. The molecule has 8 nitrogen and oxygen atoms in total. The minimum absolute atomic E-state index is 0.00942. The molecule has 0 unspecified atom stereocenters. The Kier molecular flexibility index (Phi) is 6.62. The van der Waals surface area contributed by atoms with Gasteiger partial charge in [-0.05, 0) is 30.3 Å². The molecule has 4 rings (SSSR count). The molecule has 0 fully saturated rings. The van der Waals surface area contributed by atoms with E-state index in [4.69, 9.17) is 0 Å². The van der Waals surface area contributed by atoms with Crippen molar-refractivity contribution in [1.29, 1.82) is 0 Å². The molecule has 0 spiro atoms. The number of amides is 1. The summed E-state index contributed by atoms with van der Waals surface area (Å²) in [5.41, 5.74) is 1.72. The zero-order valence-corrected chi connectivity index (χ0v) is 18.9. The molecular formula is C22H16BrN5O3S. The Morgan fingerprint density at radius 3 is 2.53 bits per heavy atom. The van der Waals surface area contributed by atoms with Crippen LogP contribution in [0, 0.1) is 10.1 Å². The number of carbonyl (C=O) groups excluding carboxylic acids is 1. The van der Waals surface area contributed by atoms with Gasteiger partial charge in [-0.2, -0.15) is 0 Å². The molecule has 10 heteroatoms. The maximum absolute atomic E-state index is 12.5. The lowest BCUT2D eigenvalue weighted by molar-refractivity contribution is -0.383. The van der Waals surface area contributed by atoms with Crippen molar-refractivity contribution in [2.75, 3.05) is 11.1 Å². The highest BCUT2D eigenvalue weighted by Crippen LogP contribution is 2.30. The highest BCUT2D eigenvalue weighted by atomic mass is 79.9. The number of anilines is 1. The molecule has 1 aromatic heterocycles. The van der Waals surface area contributed by atoms with Crippen LogP contribution in [0.1, 0.15) is 0 Å². The van der Waals surface area contributed by atoms with Crippen LogP contribution in [0.2, 0.25) is 0 Å². The van der Waals surface area contributed by atoms with Gasteiger partial charge in [0.2, 0.25) is 5.91 Å². The van der Waals surface area contributed by atoms with Crippen LogP contribution in [0.15, 0.2) is 88.5 Å². The summed E-state index contributed by atoms with van der Waals surface area (Å²) in [4.78, 5) is 23.2. The van der Waals surface area contributed by atoms with Gasteiger partial charge in [-0.1, -0.05) is 70.2 Å². The lowest BCUT2D eigenvalue weighted by atomic mass is 10.2. The Balaban J connectivity index is 1.59. The fourth-order valence-corrected chi connectivity index (χ4v) is 4.19. The quantitative estimate of drug-likeness (QED) is 0.205. The van der Waals surface area contributed by atoms with E-state index in [9.17, 15) is 14.9 Å². The summed E-state index contributed by atoms with van der Waals surface area (Å²) >= 11 is 4.68. The Bertz CT molecular complexity index is 1280. The monoisotopic (exact) mass is 509 g/mol. The normalized spacial score (nSPS) is 10.7. The number of nitrogens with zero attached hydrogens (tertiary/aromatic N) is 4. The number of nitro groups is 1. The molecule has 1 heterocycles. The molecular weight excluding hydrogens is 494 g/mol. The number of benzene rings is 3. The number of carbonyl (C=O) groups is 1. The van der Waals surface area contributed by atoms with Gasteiger partial charge in [0.1, 0.15) is 5.69 Å². The summed E-state index contributed by atoms with van der Waals surface area (Å²) < 4.78 is 2.79. The van der Waals surface area contributed by atoms with Gasteiger partial charge in [0.25, 0.3) is 5.69 Å². The minimum Gasteiger partial charge on any atom is -0.320 e. The molecule has 4 aromatic rings. The SMILES string of the molecule is O=C(CSc1nnc(-c2cccc(Br)c2)n1-c1ccccc1)Nc1ccccc1[N+](=O)[O-]. The van der Waals surface area contributed by atoms with E-state index in [1.165, 1.54) is 23.9 Å². The molecule has 0 saturated heterocycles. The first kappa shape index (κ1) is 21.7. The maximum Gasteiger partial charge on any atom is 0.292 e. The van der Waals surface area contributed by atoms with Gasteiger partial charge in [0, 0.05) is 21.8 Å². The third kappa shape index (κ3) is 4.87. The number of thioether (sulfide) groups is 1. The Hall–Kier alpha value is -3.50. The van der Waals surface area contributed by atoms with Gasteiger partial charge in [-0.3, -0.25) is 19.5 Å². The molecule has 3 aromatic carbocycles. The van der Waals surface area contributed by atoms with E-state index in [1.54, 1.807) is 12.1 Å². The van der Waals surface area contributed by atoms with Crippen LogP contribution in [-0.4, -0.2) is 31.3 Å². The number of halogens is 1. The molecule has 0 aliphatic rings. The van der Waals surface area contributed by atoms with Crippen molar-refractivity contribution in [1.82, 2.24) is 14.8 Å². The van der Waals surface area contributed by atoms with Crippen LogP contribution < -0.4 is 5.32 Å². The molecule has 0 aliphatic carbocycles. The molecule has 1 amide bonds.